The van der Waals surface area contributed by atoms with E-state index in [9.17, 15) is 9.59 Å². The number of hydrogen-bond donors (Lipinski definition) is 3. The number of piperazine rings is 1. The highest BCUT2D eigenvalue weighted by Gasteiger charge is 2.24. The van der Waals surface area contributed by atoms with E-state index in [2.05, 4.69) is 43.6 Å². The molecule has 5 rings (SSSR count). The monoisotopic (exact) mass is 600 g/mol. The van der Waals surface area contributed by atoms with Gasteiger partial charge in [-0.15, -0.1) is 0 Å². The maximum Gasteiger partial charge on any atom is 0.323 e. The van der Waals surface area contributed by atoms with E-state index in [4.69, 9.17) is 9.47 Å². The van der Waals surface area contributed by atoms with Gasteiger partial charge in [0.05, 0.1) is 31.6 Å². The summed E-state index contributed by atoms with van der Waals surface area (Å²) in [6, 6.07) is 21.1. The molecule has 0 saturated carbocycles. The van der Waals surface area contributed by atoms with Crippen LogP contribution in [0.15, 0.2) is 66.7 Å². The molecule has 234 valence electrons. The van der Waals surface area contributed by atoms with Crippen molar-refractivity contribution in [1.29, 1.82) is 0 Å². The molecule has 0 radical (unpaired) electrons. The first-order valence-electron chi connectivity index (χ1n) is 15.6. The quantitative estimate of drug-likeness (QED) is 0.275. The molecule has 0 bridgehead atoms. The number of aryl methyl sites for hydroxylation is 1. The van der Waals surface area contributed by atoms with E-state index in [1.807, 2.05) is 54.6 Å². The first-order chi connectivity index (χ1) is 21.5. The lowest BCUT2D eigenvalue weighted by molar-refractivity contribution is 0.0374. The van der Waals surface area contributed by atoms with Gasteiger partial charge in [0.2, 0.25) is 0 Å². The molecule has 2 aliphatic rings. The number of nitrogens with zero attached hydrogens (tertiary/aromatic N) is 3. The van der Waals surface area contributed by atoms with Gasteiger partial charge in [-0.25, -0.2) is 4.79 Å². The van der Waals surface area contributed by atoms with E-state index in [-0.39, 0.29) is 11.9 Å². The molecule has 0 aromatic heterocycles. The van der Waals surface area contributed by atoms with Crippen LogP contribution in [0.2, 0.25) is 0 Å². The van der Waals surface area contributed by atoms with Gasteiger partial charge in [0.15, 0.2) is 0 Å². The Bertz CT molecular complexity index is 1400. The molecule has 2 fully saturated rings. The number of methoxy groups -OCH3 is 1. The summed E-state index contributed by atoms with van der Waals surface area (Å²) in [5.41, 5.74) is 4.91. The summed E-state index contributed by atoms with van der Waals surface area (Å²) in [5, 5.41) is 8.94. The van der Waals surface area contributed by atoms with Gasteiger partial charge in [-0.3, -0.25) is 9.69 Å². The average Bonchev–Trinajstić information content (AvgIpc) is 3.07. The molecule has 2 aliphatic heterocycles. The van der Waals surface area contributed by atoms with E-state index in [1.54, 1.807) is 13.2 Å². The molecule has 2 heterocycles. The van der Waals surface area contributed by atoms with Gasteiger partial charge < -0.3 is 35.2 Å². The fourth-order valence-corrected chi connectivity index (χ4v) is 5.74. The third-order valence-electron chi connectivity index (χ3n) is 8.18. The van der Waals surface area contributed by atoms with Gasteiger partial charge in [0, 0.05) is 62.9 Å². The molecule has 3 aromatic rings. The van der Waals surface area contributed by atoms with Gasteiger partial charge in [-0.05, 0) is 67.4 Å². The number of amides is 3. The molecule has 0 atom stereocenters. The highest BCUT2D eigenvalue weighted by molar-refractivity contribution is 6.04. The van der Waals surface area contributed by atoms with Gasteiger partial charge in [-0.1, -0.05) is 31.2 Å². The SMILES string of the molecule is CCc1cccc(NC(=O)Nc2ccc(N3CCN(c4ccccc4OC)CC3)c(C(=O)NCCCN3CCOCC3)c2)c1. The molecule has 10 heteroatoms. The normalized spacial score (nSPS) is 15.5. The summed E-state index contributed by atoms with van der Waals surface area (Å²) in [4.78, 5) is 33.4. The van der Waals surface area contributed by atoms with E-state index < -0.39 is 0 Å². The van der Waals surface area contributed by atoms with Crippen LogP contribution in [0.4, 0.5) is 27.5 Å². The number of anilines is 4. The molecule has 0 unspecified atom stereocenters. The molecular formula is C34H44N6O4. The van der Waals surface area contributed by atoms with E-state index in [0.717, 1.165) is 100 Å². The Morgan fingerprint density at radius 1 is 0.818 bits per heavy atom. The topological polar surface area (TPSA) is 98.4 Å². The van der Waals surface area contributed by atoms with Crippen LogP contribution >= 0.6 is 0 Å². The Morgan fingerprint density at radius 2 is 1.52 bits per heavy atom. The van der Waals surface area contributed by atoms with E-state index >= 15 is 0 Å². The third-order valence-corrected chi connectivity index (χ3v) is 8.18. The van der Waals surface area contributed by atoms with E-state index in [0.29, 0.717) is 17.8 Å². The molecule has 10 nitrogen and oxygen atoms in total. The minimum absolute atomic E-state index is 0.145. The lowest BCUT2D eigenvalue weighted by Gasteiger charge is -2.38. The van der Waals surface area contributed by atoms with Crippen molar-refractivity contribution in [2.45, 2.75) is 19.8 Å². The molecule has 3 N–H and O–H groups in total. The van der Waals surface area contributed by atoms with Crippen LogP contribution in [0.3, 0.4) is 0 Å². The summed E-state index contributed by atoms with van der Waals surface area (Å²) < 4.78 is 11.0. The van der Waals surface area contributed by atoms with Crippen molar-refractivity contribution in [3.63, 3.8) is 0 Å². The van der Waals surface area contributed by atoms with E-state index in [1.165, 1.54) is 0 Å². The molecular weight excluding hydrogens is 556 g/mol. The van der Waals surface area contributed by atoms with Crippen LogP contribution in [-0.2, 0) is 11.2 Å². The van der Waals surface area contributed by atoms with Crippen molar-refractivity contribution in [3.05, 3.63) is 77.9 Å². The van der Waals surface area contributed by atoms with Crippen molar-refractivity contribution < 1.29 is 19.1 Å². The summed E-state index contributed by atoms with van der Waals surface area (Å²) in [7, 11) is 1.69. The van der Waals surface area contributed by atoms with Crippen molar-refractivity contribution >= 4 is 34.7 Å². The molecule has 2 saturated heterocycles. The number of para-hydroxylation sites is 2. The number of ether oxygens (including phenoxy) is 2. The van der Waals surface area contributed by atoms with Crippen LogP contribution in [-0.4, -0.2) is 89.5 Å². The Hall–Kier alpha value is -4.28. The Labute approximate surface area is 260 Å². The Morgan fingerprint density at radius 3 is 2.25 bits per heavy atom. The van der Waals surface area contributed by atoms with Crippen LogP contribution in [0.25, 0.3) is 0 Å². The molecule has 0 spiro atoms. The minimum Gasteiger partial charge on any atom is -0.495 e. The number of hydrogen-bond acceptors (Lipinski definition) is 7. The number of urea groups is 1. The predicted molar refractivity (Wildman–Crippen MR) is 177 cm³/mol. The minimum atomic E-state index is -0.353. The van der Waals surface area contributed by atoms with Gasteiger partial charge in [0.1, 0.15) is 5.75 Å². The average molecular weight is 601 g/mol. The summed E-state index contributed by atoms with van der Waals surface area (Å²) in [5.74, 6) is 0.710. The predicted octanol–water partition coefficient (Wildman–Crippen LogP) is 4.68. The zero-order valence-corrected chi connectivity index (χ0v) is 25.8. The van der Waals surface area contributed by atoms with Gasteiger partial charge in [0.25, 0.3) is 5.91 Å². The molecule has 44 heavy (non-hydrogen) atoms. The fraction of sp³-hybridized carbons (Fsp3) is 0.412. The van der Waals surface area contributed by atoms with Crippen molar-refractivity contribution in [1.82, 2.24) is 10.2 Å². The maximum absolute atomic E-state index is 13.6. The maximum atomic E-state index is 13.6. The second kappa shape index (κ2) is 15.4. The van der Waals surface area contributed by atoms with Crippen LogP contribution < -0.4 is 30.5 Å². The van der Waals surface area contributed by atoms with Crippen molar-refractivity contribution in [2.24, 2.45) is 0 Å². The molecule has 3 aromatic carbocycles. The van der Waals surface area contributed by atoms with Crippen LogP contribution in [0, 0.1) is 0 Å². The lowest BCUT2D eigenvalue weighted by Crippen LogP contribution is -2.47. The largest absolute Gasteiger partial charge is 0.495 e. The number of rotatable bonds is 11. The molecule has 3 amide bonds. The second-order valence-corrected chi connectivity index (χ2v) is 11.1. The number of nitrogens with one attached hydrogen (secondary N) is 3. The number of benzene rings is 3. The standard InChI is InChI=1S/C34H44N6O4/c1-3-26-8-6-9-27(24-26)36-34(42)37-28-12-13-30(29(25-28)33(41)35-14-7-15-38-20-22-44-23-21-38)39-16-18-40(19-17-39)31-10-4-5-11-32(31)43-2/h4-6,8-13,24-25H,3,7,14-23H2,1-2H3,(H,35,41)(H2,36,37,42). The highest BCUT2D eigenvalue weighted by Crippen LogP contribution is 2.31. The fourth-order valence-electron chi connectivity index (χ4n) is 5.74. The van der Waals surface area contributed by atoms with Crippen molar-refractivity contribution in [3.8, 4) is 5.75 Å². The third kappa shape index (κ3) is 8.21. The zero-order valence-electron chi connectivity index (χ0n) is 25.8. The van der Waals surface area contributed by atoms with Crippen LogP contribution in [0.5, 0.6) is 5.75 Å². The zero-order chi connectivity index (χ0) is 30.7. The van der Waals surface area contributed by atoms with Crippen molar-refractivity contribution in [2.75, 3.05) is 93.1 Å². The summed E-state index contributed by atoms with van der Waals surface area (Å²) in [6.07, 6.45) is 1.74. The number of carbonyl (C=O) groups excluding carboxylic acids is 2. The summed E-state index contributed by atoms with van der Waals surface area (Å²) >= 11 is 0. The highest BCUT2D eigenvalue weighted by atomic mass is 16.5. The number of carbonyl (C=O) groups is 2. The second-order valence-electron chi connectivity index (χ2n) is 11.1. The van der Waals surface area contributed by atoms with Gasteiger partial charge in [-0.2, -0.15) is 0 Å². The Kier molecular flexibility index (Phi) is 10.9. The van der Waals surface area contributed by atoms with Crippen LogP contribution in [0.1, 0.15) is 29.3 Å². The number of morpholine rings is 1. The lowest BCUT2D eigenvalue weighted by atomic mass is 10.1. The van der Waals surface area contributed by atoms with Gasteiger partial charge >= 0.3 is 6.03 Å². The smallest absolute Gasteiger partial charge is 0.323 e. The first kappa shape index (κ1) is 31.2. The molecule has 0 aliphatic carbocycles. The first-order valence-corrected chi connectivity index (χ1v) is 15.6. The Balaban J connectivity index is 1.27. The summed E-state index contributed by atoms with van der Waals surface area (Å²) in [6.45, 7) is 10.0.